The van der Waals surface area contributed by atoms with Crippen molar-refractivity contribution in [1.29, 1.82) is 0 Å². The molecule has 2 saturated heterocycles. The summed E-state index contributed by atoms with van der Waals surface area (Å²) in [6, 6.07) is 3.07. The number of hydrogen-bond acceptors (Lipinski definition) is 6. The van der Waals surface area contributed by atoms with Crippen LogP contribution in [0.2, 0.25) is 0 Å². The first-order chi connectivity index (χ1) is 12.7. The quantitative estimate of drug-likeness (QED) is 0.803. The zero-order chi connectivity index (χ0) is 17.6. The lowest BCUT2D eigenvalue weighted by Crippen LogP contribution is -2.38. The van der Waals surface area contributed by atoms with Gasteiger partial charge in [0.1, 0.15) is 18.0 Å². The van der Waals surface area contributed by atoms with Crippen molar-refractivity contribution in [2.75, 3.05) is 62.8 Å². The number of ether oxygens (including phenoxy) is 1. The average Bonchev–Trinajstić information content (AvgIpc) is 3.61. The lowest BCUT2D eigenvalue weighted by Gasteiger charge is -2.35. The van der Waals surface area contributed by atoms with E-state index in [2.05, 4.69) is 37.8 Å². The van der Waals surface area contributed by atoms with Gasteiger partial charge in [-0.25, -0.2) is 9.97 Å². The van der Waals surface area contributed by atoms with Crippen molar-refractivity contribution in [1.82, 2.24) is 14.9 Å². The molecule has 2 aliphatic heterocycles. The van der Waals surface area contributed by atoms with Crippen molar-refractivity contribution >= 4 is 11.6 Å². The van der Waals surface area contributed by atoms with Crippen LogP contribution in [0.3, 0.4) is 0 Å². The minimum atomic E-state index is 0.639. The van der Waals surface area contributed by atoms with Gasteiger partial charge in [0, 0.05) is 44.8 Å². The van der Waals surface area contributed by atoms with Crippen LogP contribution in [0.15, 0.2) is 12.4 Å². The van der Waals surface area contributed by atoms with Gasteiger partial charge < -0.3 is 19.4 Å². The highest BCUT2D eigenvalue weighted by atomic mass is 16.5. The number of rotatable bonds is 5. The van der Waals surface area contributed by atoms with Crippen LogP contribution >= 0.6 is 0 Å². The van der Waals surface area contributed by atoms with Crippen LogP contribution in [0.4, 0.5) is 11.6 Å². The summed E-state index contributed by atoms with van der Waals surface area (Å²) in [4.78, 5) is 16.5. The number of nitrogens with zero attached hydrogens (tertiary/aromatic N) is 5. The van der Waals surface area contributed by atoms with Gasteiger partial charge in [0.05, 0.1) is 13.2 Å². The van der Waals surface area contributed by atoms with Crippen molar-refractivity contribution in [3.63, 3.8) is 0 Å². The first kappa shape index (κ1) is 16.8. The summed E-state index contributed by atoms with van der Waals surface area (Å²) in [6.45, 7) is 7.04. The summed E-state index contributed by atoms with van der Waals surface area (Å²) in [7, 11) is 2.33. The lowest BCUT2D eigenvalue weighted by atomic mass is 9.90. The minimum absolute atomic E-state index is 0.639. The predicted octanol–water partition coefficient (Wildman–Crippen LogP) is 2.01. The molecule has 0 bridgehead atoms. The molecule has 1 aromatic rings. The Bertz CT molecular complexity index is 635. The molecule has 5 rings (SSSR count). The summed E-state index contributed by atoms with van der Waals surface area (Å²) < 4.78 is 5.45. The Balaban J connectivity index is 1.18. The van der Waals surface area contributed by atoms with Gasteiger partial charge >= 0.3 is 0 Å². The van der Waals surface area contributed by atoms with Gasteiger partial charge in [-0.3, -0.25) is 0 Å². The topological polar surface area (TPSA) is 44.7 Å². The van der Waals surface area contributed by atoms with Gasteiger partial charge in [-0.2, -0.15) is 0 Å². The second-order valence-corrected chi connectivity index (χ2v) is 8.76. The van der Waals surface area contributed by atoms with Crippen molar-refractivity contribution in [2.45, 2.75) is 38.1 Å². The second-order valence-electron chi connectivity index (χ2n) is 8.76. The molecule has 142 valence electrons. The Labute approximate surface area is 156 Å². The van der Waals surface area contributed by atoms with Crippen LogP contribution in [-0.4, -0.2) is 73.9 Å². The summed E-state index contributed by atoms with van der Waals surface area (Å²) in [5.41, 5.74) is 0.639. The molecule has 0 N–H and O–H groups in total. The van der Waals surface area contributed by atoms with E-state index in [9.17, 15) is 0 Å². The number of morpholine rings is 1. The molecule has 0 radical (unpaired) electrons. The second kappa shape index (κ2) is 6.64. The molecule has 0 aromatic carbocycles. The molecule has 3 heterocycles. The van der Waals surface area contributed by atoms with Gasteiger partial charge in [0.25, 0.3) is 0 Å². The van der Waals surface area contributed by atoms with Crippen molar-refractivity contribution < 1.29 is 4.74 Å². The Morgan fingerprint density at radius 2 is 1.73 bits per heavy atom. The molecular weight excluding hydrogens is 326 g/mol. The maximum Gasteiger partial charge on any atom is 0.134 e. The first-order valence-corrected chi connectivity index (χ1v) is 10.3. The maximum absolute atomic E-state index is 5.45. The highest BCUT2D eigenvalue weighted by molar-refractivity contribution is 5.50. The third kappa shape index (κ3) is 3.29. The predicted molar refractivity (Wildman–Crippen MR) is 103 cm³/mol. The molecule has 1 unspecified atom stereocenters. The Hall–Kier alpha value is -1.40. The SMILES string of the molecule is CN(CC1CC12CCN(c1cc(N3CCOCC3)ncn1)CC2)C1CC1. The molecule has 6 heteroatoms. The molecule has 4 fully saturated rings. The van der Waals surface area contributed by atoms with E-state index in [0.717, 1.165) is 63.0 Å². The Morgan fingerprint density at radius 1 is 1.08 bits per heavy atom. The van der Waals surface area contributed by atoms with Crippen LogP contribution in [0.25, 0.3) is 0 Å². The van der Waals surface area contributed by atoms with Crippen molar-refractivity contribution in [3.8, 4) is 0 Å². The molecule has 4 aliphatic rings. The highest BCUT2D eigenvalue weighted by Crippen LogP contribution is 2.60. The lowest BCUT2D eigenvalue weighted by molar-refractivity contribution is 0.122. The third-order valence-corrected chi connectivity index (χ3v) is 7.09. The number of piperidine rings is 1. The number of anilines is 2. The largest absolute Gasteiger partial charge is 0.378 e. The number of aromatic nitrogens is 2. The van der Waals surface area contributed by atoms with Gasteiger partial charge in [-0.15, -0.1) is 0 Å². The standard InChI is InChI=1S/C20H31N5O/c1-23(17-2-3-17)14-16-13-20(16)4-6-24(7-5-20)18-12-19(22-15-21-18)25-8-10-26-11-9-25/h12,15-17H,2-11,13-14H2,1H3. The third-order valence-electron chi connectivity index (χ3n) is 7.09. The fraction of sp³-hybridized carbons (Fsp3) is 0.800. The zero-order valence-electron chi connectivity index (χ0n) is 15.9. The molecule has 0 amide bonds. The molecule has 1 spiro atoms. The summed E-state index contributed by atoms with van der Waals surface area (Å²) in [5.74, 6) is 3.09. The van der Waals surface area contributed by atoms with Crippen molar-refractivity contribution in [2.24, 2.45) is 11.3 Å². The Morgan fingerprint density at radius 3 is 2.38 bits per heavy atom. The van der Waals surface area contributed by atoms with E-state index < -0.39 is 0 Å². The first-order valence-electron chi connectivity index (χ1n) is 10.3. The molecule has 1 aromatic heterocycles. The molecule has 2 saturated carbocycles. The van der Waals surface area contributed by atoms with E-state index in [1.807, 2.05) is 0 Å². The molecule has 2 aliphatic carbocycles. The van der Waals surface area contributed by atoms with Crippen molar-refractivity contribution in [3.05, 3.63) is 12.4 Å². The fourth-order valence-electron chi connectivity index (χ4n) is 4.97. The van der Waals surface area contributed by atoms with Gasteiger partial charge in [-0.05, 0) is 50.5 Å². The minimum Gasteiger partial charge on any atom is -0.378 e. The molecule has 1 atom stereocenters. The summed E-state index contributed by atoms with van der Waals surface area (Å²) >= 11 is 0. The van der Waals surface area contributed by atoms with Crippen LogP contribution in [0, 0.1) is 11.3 Å². The van der Waals surface area contributed by atoms with E-state index >= 15 is 0 Å². The van der Waals surface area contributed by atoms with Crippen LogP contribution < -0.4 is 9.80 Å². The van der Waals surface area contributed by atoms with Crippen LogP contribution in [0.1, 0.15) is 32.1 Å². The normalized spacial score (nSPS) is 28.0. The number of hydrogen-bond donors (Lipinski definition) is 0. The van der Waals surface area contributed by atoms with Crippen LogP contribution in [-0.2, 0) is 4.74 Å². The summed E-state index contributed by atoms with van der Waals surface area (Å²) in [6.07, 6.45) is 8.67. The highest BCUT2D eigenvalue weighted by Gasteiger charge is 2.55. The maximum atomic E-state index is 5.45. The molecule has 26 heavy (non-hydrogen) atoms. The zero-order valence-corrected chi connectivity index (χ0v) is 15.9. The Kier molecular flexibility index (Phi) is 4.28. The van der Waals surface area contributed by atoms with Gasteiger partial charge in [0.15, 0.2) is 0 Å². The molecular formula is C20H31N5O. The van der Waals surface area contributed by atoms with Crippen LogP contribution in [0.5, 0.6) is 0 Å². The smallest absolute Gasteiger partial charge is 0.134 e. The molecule has 6 nitrogen and oxygen atoms in total. The van der Waals surface area contributed by atoms with E-state index in [1.165, 1.54) is 38.6 Å². The van der Waals surface area contributed by atoms with E-state index in [0.29, 0.717) is 5.41 Å². The van der Waals surface area contributed by atoms with Gasteiger partial charge in [0.2, 0.25) is 0 Å². The average molecular weight is 358 g/mol. The van der Waals surface area contributed by atoms with E-state index in [1.54, 1.807) is 6.33 Å². The van der Waals surface area contributed by atoms with Gasteiger partial charge in [-0.1, -0.05) is 0 Å². The van der Waals surface area contributed by atoms with E-state index in [-0.39, 0.29) is 0 Å². The monoisotopic (exact) mass is 357 g/mol. The fourth-order valence-corrected chi connectivity index (χ4v) is 4.97. The van der Waals surface area contributed by atoms with E-state index in [4.69, 9.17) is 4.74 Å². The summed E-state index contributed by atoms with van der Waals surface area (Å²) in [5, 5.41) is 0.